The predicted octanol–water partition coefficient (Wildman–Crippen LogP) is 14.2. The molecule has 0 aromatic rings. The third-order valence-corrected chi connectivity index (χ3v) is 14.1. The van der Waals surface area contributed by atoms with Crippen LogP contribution in [-0.2, 0) is 23.8 Å². The summed E-state index contributed by atoms with van der Waals surface area (Å²) in [6, 6.07) is -0.835. The second-order valence-corrected chi connectivity index (χ2v) is 21.0. The molecular formula is C63H113NO10. The SMILES string of the molecule is C/C=C/CC/C=C/CC/C=C/C(O)C(COC1OC(CO)C(O)C(O)C1O)NC(=O)CCCCCCCCCCCC/C=C\CCCCCCCCCCCCCCOC(=O)CCCCCCC/C=C\CCCC. The van der Waals surface area contributed by atoms with E-state index in [-0.39, 0.29) is 18.5 Å². The molecule has 0 radical (unpaired) electrons. The van der Waals surface area contributed by atoms with Crippen molar-refractivity contribution in [1.82, 2.24) is 5.32 Å². The number of carbonyl (C=O) groups excluding carboxylic acids is 2. The summed E-state index contributed by atoms with van der Waals surface area (Å²) in [5.74, 6) is -0.211. The van der Waals surface area contributed by atoms with Gasteiger partial charge in [-0.25, -0.2) is 0 Å². The van der Waals surface area contributed by atoms with E-state index >= 15 is 0 Å². The number of nitrogens with one attached hydrogen (secondary N) is 1. The molecule has 7 unspecified atom stereocenters. The summed E-state index contributed by atoms with van der Waals surface area (Å²) < 4.78 is 16.6. The molecule has 0 spiro atoms. The summed E-state index contributed by atoms with van der Waals surface area (Å²) in [5, 5.41) is 54.1. The number of esters is 1. The maximum atomic E-state index is 13.0. The molecular weight excluding hydrogens is 931 g/mol. The van der Waals surface area contributed by atoms with Gasteiger partial charge in [-0.1, -0.05) is 215 Å². The molecule has 0 aromatic heterocycles. The van der Waals surface area contributed by atoms with E-state index < -0.39 is 49.5 Å². The fraction of sp³-hybridized carbons (Fsp3) is 0.810. The molecule has 430 valence electrons. The van der Waals surface area contributed by atoms with E-state index in [9.17, 15) is 35.1 Å². The molecule has 1 fully saturated rings. The molecule has 7 atom stereocenters. The maximum Gasteiger partial charge on any atom is 0.305 e. The van der Waals surface area contributed by atoms with Crippen LogP contribution < -0.4 is 5.32 Å². The fourth-order valence-corrected chi connectivity index (χ4v) is 9.27. The summed E-state index contributed by atoms with van der Waals surface area (Å²) in [6.45, 7) is 4.05. The van der Waals surface area contributed by atoms with Gasteiger partial charge in [-0.2, -0.15) is 0 Å². The van der Waals surface area contributed by atoms with Crippen molar-refractivity contribution >= 4 is 11.9 Å². The lowest BCUT2D eigenvalue weighted by Gasteiger charge is -2.40. The van der Waals surface area contributed by atoms with Gasteiger partial charge in [0.1, 0.15) is 24.4 Å². The Hall–Kier alpha value is -2.64. The maximum absolute atomic E-state index is 13.0. The number of aliphatic hydroxyl groups is 5. The van der Waals surface area contributed by atoms with Gasteiger partial charge in [0.05, 0.1) is 32.0 Å². The Morgan fingerprint density at radius 2 is 0.932 bits per heavy atom. The van der Waals surface area contributed by atoms with Crippen molar-refractivity contribution in [2.24, 2.45) is 0 Å². The van der Waals surface area contributed by atoms with Gasteiger partial charge in [-0.05, 0) is 96.8 Å². The molecule has 1 amide bonds. The van der Waals surface area contributed by atoms with E-state index in [0.29, 0.717) is 19.4 Å². The number of hydrogen-bond donors (Lipinski definition) is 6. The quantitative estimate of drug-likeness (QED) is 0.0195. The number of unbranched alkanes of at least 4 members (excludes halogenated alkanes) is 31. The molecule has 74 heavy (non-hydrogen) atoms. The molecule has 1 rings (SSSR count). The van der Waals surface area contributed by atoms with Crippen LogP contribution in [0.4, 0.5) is 0 Å². The third-order valence-electron chi connectivity index (χ3n) is 14.1. The fourth-order valence-electron chi connectivity index (χ4n) is 9.27. The zero-order valence-corrected chi connectivity index (χ0v) is 47.3. The smallest absolute Gasteiger partial charge is 0.305 e. The monoisotopic (exact) mass is 1040 g/mol. The Morgan fingerprint density at radius 1 is 0.514 bits per heavy atom. The summed E-state index contributed by atoms with van der Waals surface area (Å²) in [6.07, 6.45) is 57.9. The average molecular weight is 1040 g/mol. The molecule has 11 heteroatoms. The van der Waals surface area contributed by atoms with Gasteiger partial charge >= 0.3 is 5.97 Å². The zero-order chi connectivity index (χ0) is 53.8. The number of rotatable bonds is 52. The standard InChI is InChI=1S/C63H113NO10/c1-3-5-7-9-11-13-30-35-39-43-47-51-59(68)72-52-48-44-40-36-32-29-27-25-23-21-19-17-15-14-16-18-20-22-24-26-28-31-34-38-42-46-50-58(67)64-55(56(66)49-45-41-37-33-12-10-8-6-4-2)54-73-63-62(71)61(70)60(69)57(53-65)74-63/h4,6,9,11-12,14,16,33,45,49,55-57,60-63,65-66,69-71H,3,5,7-8,10,13,15,17-32,34-44,46-48,50-54H2,1-2H3,(H,64,67)/b6-4+,11-9-,16-14-,33-12+,49-45+. The van der Waals surface area contributed by atoms with Crippen LogP contribution in [0.15, 0.2) is 60.8 Å². The van der Waals surface area contributed by atoms with E-state index in [1.807, 2.05) is 19.1 Å². The average Bonchev–Trinajstić information content (AvgIpc) is 3.40. The van der Waals surface area contributed by atoms with E-state index in [0.717, 1.165) is 70.6 Å². The lowest BCUT2D eigenvalue weighted by molar-refractivity contribution is -0.302. The Labute approximate surface area is 452 Å². The lowest BCUT2D eigenvalue weighted by atomic mass is 9.99. The Bertz CT molecular complexity index is 1410. The number of amides is 1. The second-order valence-electron chi connectivity index (χ2n) is 21.0. The van der Waals surface area contributed by atoms with Gasteiger partial charge < -0.3 is 45.1 Å². The van der Waals surface area contributed by atoms with Crippen molar-refractivity contribution in [2.45, 2.75) is 307 Å². The molecule has 0 bridgehead atoms. The van der Waals surface area contributed by atoms with Crippen LogP contribution in [0.25, 0.3) is 0 Å². The Kier molecular flexibility index (Phi) is 49.1. The minimum Gasteiger partial charge on any atom is -0.466 e. The number of carbonyl (C=O) groups is 2. The molecule has 0 aliphatic carbocycles. The Balaban J connectivity index is 1.99. The molecule has 1 heterocycles. The van der Waals surface area contributed by atoms with Gasteiger partial charge in [-0.3, -0.25) is 9.59 Å². The molecule has 0 aromatic carbocycles. The van der Waals surface area contributed by atoms with Crippen LogP contribution in [-0.4, -0.2) is 100 Å². The topological polar surface area (TPSA) is 175 Å². The first-order valence-electron chi connectivity index (χ1n) is 30.5. The van der Waals surface area contributed by atoms with Crippen molar-refractivity contribution < 1.29 is 49.3 Å². The van der Waals surface area contributed by atoms with E-state index in [2.05, 4.69) is 54.8 Å². The van der Waals surface area contributed by atoms with Gasteiger partial charge in [0.15, 0.2) is 6.29 Å². The summed E-state index contributed by atoms with van der Waals surface area (Å²) >= 11 is 0. The Morgan fingerprint density at radius 3 is 1.42 bits per heavy atom. The van der Waals surface area contributed by atoms with Crippen molar-refractivity contribution in [3.8, 4) is 0 Å². The molecule has 6 N–H and O–H groups in total. The molecule has 11 nitrogen and oxygen atoms in total. The van der Waals surface area contributed by atoms with Crippen LogP contribution in [0.2, 0.25) is 0 Å². The second kappa shape index (κ2) is 52.4. The van der Waals surface area contributed by atoms with Crippen molar-refractivity contribution in [2.75, 3.05) is 19.8 Å². The lowest BCUT2D eigenvalue weighted by Crippen LogP contribution is -2.60. The number of aliphatic hydroxyl groups excluding tert-OH is 5. The van der Waals surface area contributed by atoms with Gasteiger partial charge in [0.2, 0.25) is 5.91 Å². The van der Waals surface area contributed by atoms with Crippen molar-refractivity contribution in [3.63, 3.8) is 0 Å². The van der Waals surface area contributed by atoms with E-state index in [1.54, 1.807) is 6.08 Å². The largest absolute Gasteiger partial charge is 0.466 e. The van der Waals surface area contributed by atoms with Crippen LogP contribution in [0.3, 0.4) is 0 Å². The van der Waals surface area contributed by atoms with Gasteiger partial charge in [0.25, 0.3) is 0 Å². The first-order valence-corrected chi connectivity index (χ1v) is 30.5. The highest BCUT2D eigenvalue weighted by molar-refractivity contribution is 5.76. The van der Waals surface area contributed by atoms with Gasteiger partial charge in [-0.15, -0.1) is 0 Å². The first-order chi connectivity index (χ1) is 36.2. The van der Waals surface area contributed by atoms with Crippen LogP contribution >= 0.6 is 0 Å². The van der Waals surface area contributed by atoms with Gasteiger partial charge in [0, 0.05) is 12.8 Å². The highest BCUT2D eigenvalue weighted by atomic mass is 16.7. The van der Waals surface area contributed by atoms with Crippen molar-refractivity contribution in [3.05, 3.63) is 60.8 Å². The highest BCUT2D eigenvalue weighted by Gasteiger charge is 2.44. The minimum atomic E-state index is -1.58. The number of ether oxygens (including phenoxy) is 3. The third kappa shape index (κ3) is 41.5. The molecule has 0 saturated carbocycles. The van der Waals surface area contributed by atoms with Crippen molar-refractivity contribution in [1.29, 1.82) is 0 Å². The molecule has 1 aliphatic heterocycles. The highest BCUT2D eigenvalue weighted by Crippen LogP contribution is 2.23. The first kappa shape index (κ1) is 69.4. The molecule has 1 aliphatic rings. The summed E-state index contributed by atoms with van der Waals surface area (Å²) in [7, 11) is 0. The normalized spacial score (nSPS) is 19.3. The van der Waals surface area contributed by atoms with E-state index in [4.69, 9.17) is 14.2 Å². The summed E-state index contributed by atoms with van der Waals surface area (Å²) in [4.78, 5) is 25.0. The summed E-state index contributed by atoms with van der Waals surface area (Å²) in [5.41, 5.74) is 0. The van der Waals surface area contributed by atoms with Crippen LogP contribution in [0, 0.1) is 0 Å². The number of allylic oxidation sites excluding steroid dienone is 9. The van der Waals surface area contributed by atoms with Crippen LogP contribution in [0.1, 0.15) is 264 Å². The molecule has 1 saturated heterocycles. The number of hydrogen-bond acceptors (Lipinski definition) is 10. The van der Waals surface area contributed by atoms with Crippen LogP contribution in [0.5, 0.6) is 0 Å². The van der Waals surface area contributed by atoms with E-state index in [1.165, 1.54) is 167 Å². The zero-order valence-electron chi connectivity index (χ0n) is 47.3. The minimum absolute atomic E-state index is 0.00831. The predicted molar refractivity (Wildman–Crippen MR) is 306 cm³/mol.